The van der Waals surface area contributed by atoms with Gasteiger partial charge in [0.15, 0.2) is 5.75 Å². The van der Waals surface area contributed by atoms with E-state index in [1.54, 1.807) is 19.4 Å². The van der Waals surface area contributed by atoms with E-state index in [1.165, 1.54) is 7.11 Å². The van der Waals surface area contributed by atoms with E-state index in [9.17, 15) is 5.26 Å². The molecule has 0 aliphatic heterocycles. The maximum atomic E-state index is 9.59. The number of anilines is 1. The number of pyridine rings is 1. The smallest absolute Gasteiger partial charge is 0.160 e. The van der Waals surface area contributed by atoms with Gasteiger partial charge in [0, 0.05) is 22.6 Å². The van der Waals surface area contributed by atoms with Crippen LogP contribution in [-0.4, -0.2) is 33.7 Å². The Morgan fingerprint density at radius 3 is 2.50 bits per heavy atom. The van der Waals surface area contributed by atoms with Gasteiger partial charge >= 0.3 is 0 Å². The molecule has 1 atom stereocenters. The Balaban J connectivity index is 2.30. The molecule has 3 rings (SSSR count). The summed E-state index contributed by atoms with van der Waals surface area (Å²) < 4.78 is 16.0. The van der Waals surface area contributed by atoms with Gasteiger partial charge in [-0.25, -0.2) is 4.98 Å². The van der Waals surface area contributed by atoms with Crippen LogP contribution in [0.4, 0.5) is 5.69 Å². The maximum absolute atomic E-state index is 9.59. The molecule has 1 N–H and O–H groups in total. The minimum Gasteiger partial charge on any atom is -0.495 e. The summed E-state index contributed by atoms with van der Waals surface area (Å²) in [5, 5.41) is 11.8. The number of fused-ring (bicyclic) bond motifs is 1. The van der Waals surface area contributed by atoms with Crippen molar-refractivity contribution in [3.8, 4) is 28.8 Å². The van der Waals surface area contributed by atoms with Crippen LogP contribution in [0.1, 0.15) is 33.3 Å². The van der Waals surface area contributed by atoms with Gasteiger partial charge in [-0.2, -0.15) is 5.26 Å². The number of nitrogens with zero attached hydrogens (tertiary/aromatic N) is 3. The van der Waals surface area contributed by atoms with Crippen molar-refractivity contribution in [2.45, 2.75) is 37.3 Å². The Hall–Kier alpha value is -2.63. The van der Waals surface area contributed by atoms with Crippen molar-refractivity contribution in [2.24, 2.45) is 0 Å². The SMILES string of the molecule is C/C=S(/c1cn2c(-c3cc(C#N)c(OC)c(NS)c3)cnc2cc1OC)C(C)(C)C. The molecule has 1 aromatic carbocycles. The van der Waals surface area contributed by atoms with Crippen LogP contribution in [0.5, 0.6) is 11.5 Å². The molecule has 2 heterocycles. The summed E-state index contributed by atoms with van der Waals surface area (Å²) in [5.41, 5.74) is 3.52. The fourth-order valence-electron chi connectivity index (χ4n) is 3.50. The van der Waals surface area contributed by atoms with E-state index < -0.39 is 0 Å². The summed E-state index contributed by atoms with van der Waals surface area (Å²) in [5.74, 6) is 1.28. The summed E-state index contributed by atoms with van der Waals surface area (Å²) >= 11 is 4.17. The summed E-state index contributed by atoms with van der Waals surface area (Å²) in [6.45, 7) is 8.76. The van der Waals surface area contributed by atoms with Crippen molar-refractivity contribution < 1.29 is 9.47 Å². The minimum atomic E-state index is -0.141. The Morgan fingerprint density at radius 2 is 1.97 bits per heavy atom. The molecule has 30 heavy (non-hydrogen) atoms. The van der Waals surface area contributed by atoms with Crippen LogP contribution in [-0.2, 0) is 0 Å². The number of hydrogen-bond acceptors (Lipinski definition) is 6. The molecule has 0 aliphatic carbocycles. The van der Waals surface area contributed by atoms with Gasteiger partial charge in [0.1, 0.15) is 17.5 Å². The van der Waals surface area contributed by atoms with Crippen LogP contribution in [0, 0.1) is 11.3 Å². The third-order valence-corrected chi connectivity index (χ3v) is 7.57. The predicted octanol–water partition coefficient (Wildman–Crippen LogP) is 5.40. The Morgan fingerprint density at radius 1 is 1.23 bits per heavy atom. The Labute approximate surface area is 185 Å². The second-order valence-corrected chi connectivity index (χ2v) is 10.6. The molecule has 0 fully saturated rings. The number of hydrogen-bond donors (Lipinski definition) is 2. The Bertz CT molecular complexity index is 1170. The van der Waals surface area contributed by atoms with Crippen molar-refractivity contribution in [3.05, 3.63) is 36.2 Å². The molecule has 6 nitrogen and oxygen atoms in total. The number of ether oxygens (including phenoxy) is 2. The third-order valence-electron chi connectivity index (χ3n) is 4.76. The highest BCUT2D eigenvalue weighted by atomic mass is 32.2. The van der Waals surface area contributed by atoms with Gasteiger partial charge in [-0.15, -0.1) is 10.5 Å². The van der Waals surface area contributed by atoms with E-state index in [0.717, 1.165) is 27.5 Å². The fourth-order valence-corrected chi connectivity index (χ4v) is 5.86. The van der Waals surface area contributed by atoms with Crippen molar-refractivity contribution >= 4 is 40.0 Å². The van der Waals surface area contributed by atoms with Gasteiger partial charge < -0.3 is 14.2 Å². The number of aromatic nitrogens is 2. The van der Waals surface area contributed by atoms with Crippen LogP contribution >= 0.6 is 23.3 Å². The predicted molar refractivity (Wildman–Crippen MR) is 128 cm³/mol. The number of thiol groups is 1. The Kier molecular flexibility index (Phi) is 6.34. The first kappa shape index (κ1) is 22.1. The highest BCUT2D eigenvalue weighted by molar-refractivity contribution is 8.16. The van der Waals surface area contributed by atoms with Gasteiger partial charge in [-0.3, -0.25) is 4.40 Å². The summed E-state index contributed by atoms with van der Waals surface area (Å²) in [7, 11) is 3.08. The largest absolute Gasteiger partial charge is 0.495 e. The lowest BCUT2D eigenvalue weighted by atomic mass is 10.1. The van der Waals surface area contributed by atoms with Gasteiger partial charge in [0.05, 0.1) is 42.3 Å². The molecule has 0 spiro atoms. The molecule has 0 saturated heterocycles. The van der Waals surface area contributed by atoms with Crippen molar-refractivity contribution in [3.63, 3.8) is 0 Å². The molecule has 0 radical (unpaired) electrons. The summed E-state index contributed by atoms with van der Waals surface area (Å²) in [6.07, 6.45) is 3.89. The highest BCUT2D eigenvalue weighted by Crippen LogP contribution is 2.45. The van der Waals surface area contributed by atoms with Crippen LogP contribution < -0.4 is 14.2 Å². The fraction of sp³-hybridized carbons (Fsp3) is 0.318. The first-order chi connectivity index (χ1) is 14.3. The lowest BCUT2D eigenvalue weighted by molar-refractivity contribution is 0.404. The number of imidazole rings is 1. The van der Waals surface area contributed by atoms with Gasteiger partial charge in [0.2, 0.25) is 0 Å². The zero-order chi connectivity index (χ0) is 22.1. The molecule has 0 aliphatic rings. The standard InChI is InChI=1S/C22H26N4O2S2/c1-7-30(22(2,3)4)19-13-26-17(12-24-20(26)10-18(19)27-5)14-8-15(11-23)21(28-6)16(9-14)25-29/h7-10,12-13,25,29H,1-6H3. The zero-order valence-electron chi connectivity index (χ0n) is 18.0. The molecular weight excluding hydrogens is 416 g/mol. The average molecular weight is 443 g/mol. The maximum Gasteiger partial charge on any atom is 0.160 e. The lowest BCUT2D eigenvalue weighted by Gasteiger charge is -2.26. The second-order valence-electron chi connectivity index (χ2n) is 7.59. The van der Waals surface area contributed by atoms with E-state index >= 15 is 0 Å². The average Bonchev–Trinajstić information content (AvgIpc) is 3.14. The third kappa shape index (κ3) is 3.87. The van der Waals surface area contributed by atoms with E-state index in [4.69, 9.17) is 9.47 Å². The van der Waals surface area contributed by atoms with Crippen LogP contribution in [0.2, 0.25) is 0 Å². The van der Waals surface area contributed by atoms with Crippen LogP contribution in [0.3, 0.4) is 0 Å². The molecule has 2 aromatic heterocycles. The van der Waals surface area contributed by atoms with Gasteiger partial charge in [-0.05, 0) is 19.1 Å². The van der Waals surface area contributed by atoms with Crippen molar-refractivity contribution in [1.29, 1.82) is 5.26 Å². The quantitative estimate of drug-likeness (QED) is 0.409. The van der Waals surface area contributed by atoms with Crippen molar-refractivity contribution in [2.75, 3.05) is 18.9 Å². The first-order valence-electron chi connectivity index (χ1n) is 9.39. The number of benzene rings is 1. The normalized spacial score (nSPS) is 12.6. The zero-order valence-corrected chi connectivity index (χ0v) is 19.7. The molecule has 1 unspecified atom stereocenters. The van der Waals surface area contributed by atoms with E-state index in [0.29, 0.717) is 17.0 Å². The lowest BCUT2D eigenvalue weighted by Crippen LogP contribution is -2.12. The molecule has 0 saturated carbocycles. The van der Waals surface area contributed by atoms with E-state index in [2.05, 4.69) is 67.8 Å². The number of rotatable bonds is 5. The molecule has 158 valence electrons. The summed E-state index contributed by atoms with van der Waals surface area (Å²) in [6, 6.07) is 7.86. The topological polar surface area (TPSA) is 71.6 Å². The number of methoxy groups -OCH3 is 2. The second kappa shape index (κ2) is 8.62. The highest BCUT2D eigenvalue weighted by Gasteiger charge is 2.22. The monoisotopic (exact) mass is 442 g/mol. The molecule has 3 aromatic rings. The van der Waals surface area contributed by atoms with E-state index in [1.807, 2.05) is 16.5 Å². The number of nitrogens with one attached hydrogen (secondary N) is 1. The van der Waals surface area contributed by atoms with Crippen molar-refractivity contribution in [1.82, 2.24) is 9.38 Å². The van der Waals surface area contributed by atoms with Crippen LogP contribution in [0.25, 0.3) is 16.9 Å². The van der Waals surface area contributed by atoms with Gasteiger partial charge in [-0.1, -0.05) is 39.0 Å². The molecule has 0 amide bonds. The van der Waals surface area contributed by atoms with E-state index in [-0.39, 0.29) is 15.2 Å². The molecule has 8 heteroatoms. The molecule has 0 bridgehead atoms. The summed E-state index contributed by atoms with van der Waals surface area (Å²) in [4.78, 5) is 5.68. The minimum absolute atomic E-state index is 0.0493. The molecular formula is C22H26N4O2S2. The number of nitriles is 1. The first-order valence-corrected chi connectivity index (χ1v) is 11.1. The van der Waals surface area contributed by atoms with Gasteiger partial charge in [0.25, 0.3) is 0 Å². The van der Waals surface area contributed by atoms with Crippen LogP contribution in [0.15, 0.2) is 35.5 Å².